The van der Waals surface area contributed by atoms with Gasteiger partial charge >= 0.3 is 5.97 Å². The van der Waals surface area contributed by atoms with Crippen LogP contribution in [0.25, 0.3) is 0 Å². The zero-order valence-electron chi connectivity index (χ0n) is 23.0. The van der Waals surface area contributed by atoms with Crippen molar-refractivity contribution >= 4 is 17.8 Å². The summed E-state index contributed by atoms with van der Waals surface area (Å²) in [7, 11) is 1.34. The van der Waals surface area contributed by atoms with E-state index >= 15 is 0 Å². The van der Waals surface area contributed by atoms with Gasteiger partial charge in [-0.1, -0.05) is 13.3 Å². The van der Waals surface area contributed by atoms with Crippen LogP contribution in [-0.2, 0) is 14.3 Å². The van der Waals surface area contributed by atoms with E-state index in [0.29, 0.717) is 19.4 Å². The summed E-state index contributed by atoms with van der Waals surface area (Å²) in [6, 6.07) is 1.85. The zero-order valence-corrected chi connectivity index (χ0v) is 23.0. The van der Waals surface area contributed by atoms with Gasteiger partial charge in [0.25, 0.3) is 5.91 Å². The Morgan fingerprint density at radius 3 is 2.38 bits per heavy atom. The summed E-state index contributed by atoms with van der Waals surface area (Å²) in [5.41, 5.74) is -1.03. The van der Waals surface area contributed by atoms with E-state index in [1.54, 1.807) is 0 Å². The lowest BCUT2D eigenvalue weighted by molar-refractivity contribution is -0.155. The Morgan fingerprint density at radius 1 is 1.07 bits per heavy atom. The first kappa shape index (κ1) is 28.6. The first-order chi connectivity index (χ1) is 19.1. The van der Waals surface area contributed by atoms with E-state index in [4.69, 9.17) is 14.2 Å². The average molecular weight is 563 g/mol. The molecule has 2 saturated carbocycles. The first-order valence-corrected chi connectivity index (χ1v) is 14.2. The molecule has 4 atom stereocenters. The van der Waals surface area contributed by atoms with Crippen molar-refractivity contribution in [2.24, 2.45) is 16.7 Å². The normalized spacial score (nSPS) is 32.1. The number of hydrogen-bond donors (Lipinski definition) is 4. The van der Waals surface area contributed by atoms with Gasteiger partial charge in [0.15, 0.2) is 11.6 Å². The maximum absolute atomic E-state index is 14.9. The highest BCUT2D eigenvalue weighted by Gasteiger charge is 2.53. The van der Waals surface area contributed by atoms with Gasteiger partial charge in [0.2, 0.25) is 5.91 Å². The van der Waals surface area contributed by atoms with Gasteiger partial charge in [-0.2, -0.15) is 0 Å². The molecule has 220 valence electrons. The second-order valence-corrected chi connectivity index (χ2v) is 12.2. The highest BCUT2D eigenvalue weighted by atomic mass is 19.1. The van der Waals surface area contributed by atoms with Crippen molar-refractivity contribution in [3.63, 3.8) is 0 Å². The minimum atomic E-state index is -1.22. The largest absolute Gasteiger partial charge is 0.496 e. The summed E-state index contributed by atoms with van der Waals surface area (Å²) in [5, 5.41) is 25.1. The fraction of sp³-hybridized carbons (Fsp3) is 0.690. The van der Waals surface area contributed by atoms with Crippen molar-refractivity contribution < 1.29 is 43.2 Å². The number of aliphatic hydroxyl groups excluding tert-OH is 1. The highest BCUT2D eigenvalue weighted by molar-refractivity contribution is 5.98. The fourth-order valence-electron chi connectivity index (χ4n) is 6.65. The summed E-state index contributed by atoms with van der Waals surface area (Å²) in [5.74, 6) is -3.06. The fourth-order valence-corrected chi connectivity index (χ4v) is 6.65. The molecule has 2 amide bonds. The topological polar surface area (TPSA) is 143 Å². The Bertz CT molecular complexity index is 1150. The molecule has 0 radical (unpaired) electrons. The van der Waals surface area contributed by atoms with Crippen LogP contribution in [0.4, 0.5) is 4.39 Å². The number of carboxylic acids is 1. The number of ether oxygens (including phenoxy) is 3. The van der Waals surface area contributed by atoms with Crippen molar-refractivity contribution in [3.8, 4) is 11.5 Å². The number of carboxylic acid groups (broad SMARTS) is 1. The van der Waals surface area contributed by atoms with Crippen molar-refractivity contribution in [2.45, 2.75) is 89.1 Å². The molecular formula is C29H39FN2O8. The quantitative estimate of drug-likeness (QED) is 0.341. The van der Waals surface area contributed by atoms with Gasteiger partial charge in [0.05, 0.1) is 55.0 Å². The average Bonchev–Trinajstić information content (AvgIpc) is 3.54. The number of rotatable bonds is 10. The lowest BCUT2D eigenvalue weighted by atomic mass is 9.70. The highest BCUT2D eigenvalue weighted by Crippen LogP contribution is 2.42. The number of aliphatic carboxylic acids is 1. The number of benzene rings is 1. The summed E-state index contributed by atoms with van der Waals surface area (Å²) in [6.45, 7) is 2.29. The van der Waals surface area contributed by atoms with Crippen LogP contribution in [0.2, 0.25) is 0 Å². The molecule has 4 aliphatic rings. The number of aliphatic hydroxyl groups is 1. The van der Waals surface area contributed by atoms with Gasteiger partial charge in [-0.15, -0.1) is 0 Å². The van der Waals surface area contributed by atoms with Crippen LogP contribution in [0.5, 0.6) is 11.5 Å². The minimum absolute atomic E-state index is 0.0270. The Hall–Kier alpha value is -2.92. The predicted octanol–water partition coefficient (Wildman–Crippen LogP) is 2.80. The second-order valence-electron chi connectivity index (χ2n) is 12.2. The first-order valence-electron chi connectivity index (χ1n) is 14.2. The number of nitrogens with one attached hydrogen (secondary N) is 2. The van der Waals surface area contributed by atoms with Crippen LogP contribution in [0.3, 0.4) is 0 Å². The lowest BCUT2D eigenvalue weighted by Crippen LogP contribution is -2.53. The van der Waals surface area contributed by atoms with Gasteiger partial charge in [-0.3, -0.25) is 14.4 Å². The third-order valence-corrected chi connectivity index (χ3v) is 9.56. The molecule has 2 saturated heterocycles. The number of methoxy groups -OCH3 is 1. The van der Waals surface area contributed by atoms with E-state index in [9.17, 15) is 29.0 Å². The lowest BCUT2D eigenvalue weighted by Gasteiger charge is -2.39. The van der Waals surface area contributed by atoms with E-state index < -0.39 is 47.8 Å². The number of fused-ring (bicyclic) bond motifs is 2. The number of carbonyl (C=O) groups is 3. The van der Waals surface area contributed by atoms with E-state index in [-0.39, 0.29) is 53.4 Å². The summed E-state index contributed by atoms with van der Waals surface area (Å²) in [4.78, 5) is 38.3. The Balaban J connectivity index is 1.28. The summed E-state index contributed by atoms with van der Waals surface area (Å²) >= 11 is 0. The van der Waals surface area contributed by atoms with Gasteiger partial charge in [0.1, 0.15) is 5.75 Å². The van der Waals surface area contributed by atoms with Gasteiger partial charge in [-0.05, 0) is 62.8 Å². The zero-order chi connectivity index (χ0) is 28.7. The van der Waals surface area contributed by atoms with Crippen molar-refractivity contribution in [1.29, 1.82) is 0 Å². The van der Waals surface area contributed by atoms with E-state index in [1.807, 2.05) is 0 Å². The van der Waals surface area contributed by atoms with Crippen molar-refractivity contribution in [2.75, 3.05) is 20.3 Å². The van der Waals surface area contributed by atoms with Crippen LogP contribution in [0.15, 0.2) is 12.1 Å². The van der Waals surface area contributed by atoms with Crippen LogP contribution >= 0.6 is 0 Å². The second kappa shape index (κ2) is 11.2. The monoisotopic (exact) mass is 562 g/mol. The van der Waals surface area contributed by atoms with Gasteiger partial charge in [-0.25, -0.2) is 4.39 Å². The molecule has 2 bridgehead atoms. The Kier molecular flexibility index (Phi) is 7.98. The molecule has 1 aromatic rings. The molecule has 1 aromatic carbocycles. The van der Waals surface area contributed by atoms with E-state index in [2.05, 4.69) is 17.6 Å². The number of hydrogen-bond acceptors (Lipinski definition) is 7. The molecule has 11 heteroatoms. The molecule has 4 N–H and O–H groups in total. The van der Waals surface area contributed by atoms with Crippen LogP contribution in [0.1, 0.15) is 75.1 Å². The van der Waals surface area contributed by atoms with Crippen LogP contribution in [-0.4, -0.2) is 72.6 Å². The molecular weight excluding hydrogens is 523 g/mol. The molecule has 2 aliphatic carbocycles. The van der Waals surface area contributed by atoms with Gasteiger partial charge < -0.3 is 35.1 Å². The minimum Gasteiger partial charge on any atom is -0.496 e. The van der Waals surface area contributed by atoms with E-state index in [0.717, 1.165) is 31.7 Å². The van der Waals surface area contributed by atoms with Crippen LogP contribution < -0.4 is 20.1 Å². The molecule has 0 aromatic heterocycles. The molecule has 2 aliphatic heterocycles. The maximum atomic E-state index is 14.9. The molecule has 40 heavy (non-hydrogen) atoms. The SMILES string of the molecule is COc1cc(F)c(O[C@H]2CC[C@@](CO)(C(=O)O)CC2)cc1C(=O)N[C@H]1[C@@H](C(=O)NCC2(C)CCC2)[C@H]2CC[C@@H]1O2. The Morgan fingerprint density at radius 2 is 1.77 bits per heavy atom. The van der Waals surface area contributed by atoms with Gasteiger partial charge in [0, 0.05) is 12.6 Å². The third-order valence-electron chi connectivity index (χ3n) is 9.56. The molecule has 0 spiro atoms. The van der Waals surface area contributed by atoms with Crippen LogP contribution in [0, 0.1) is 22.6 Å². The van der Waals surface area contributed by atoms with E-state index in [1.165, 1.54) is 19.6 Å². The third kappa shape index (κ3) is 5.37. The molecule has 5 rings (SSSR count). The number of amides is 2. The standard InChI is InChI=1S/C29H39FN2O8/c1-28(8-3-9-28)14-31-26(35)23-19-4-5-20(40-19)24(23)32-25(34)17-12-22(18(30)13-21(17)38-2)39-16-6-10-29(15-33,11-7-16)27(36)37/h12-13,16,19-20,23-24,33H,3-11,14-15H2,1-2H3,(H,31,35)(H,32,34)(H,36,37)/t16-,19-,20+,23+,24-,29+/m1/s1. The summed E-state index contributed by atoms with van der Waals surface area (Å²) in [6.07, 6.45) is 4.83. The van der Waals surface area contributed by atoms with Crippen molar-refractivity contribution in [3.05, 3.63) is 23.5 Å². The molecule has 10 nitrogen and oxygen atoms in total. The molecule has 0 unspecified atom stereocenters. The maximum Gasteiger partial charge on any atom is 0.311 e. The smallest absolute Gasteiger partial charge is 0.311 e. The number of halogens is 1. The predicted molar refractivity (Wildman–Crippen MR) is 141 cm³/mol. The Labute approximate surface area is 232 Å². The molecule has 2 heterocycles. The van der Waals surface area contributed by atoms with Crippen molar-refractivity contribution in [1.82, 2.24) is 10.6 Å². The number of carbonyl (C=O) groups excluding carboxylic acids is 2. The molecule has 4 fully saturated rings. The summed E-state index contributed by atoms with van der Waals surface area (Å²) < 4.78 is 32.1.